The van der Waals surface area contributed by atoms with E-state index >= 15 is 0 Å². The summed E-state index contributed by atoms with van der Waals surface area (Å²) in [6.07, 6.45) is 1.51. The highest BCUT2D eigenvalue weighted by Gasteiger charge is 2.23. The van der Waals surface area contributed by atoms with Gasteiger partial charge in [0.25, 0.3) is 10.0 Å². The number of nitrogens with zero attached hydrogens (tertiary/aromatic N) is 2. The monoisotopic (exact) mass is 282 g/mol. The molecule has 19 heavy (non-hydrogen) atoms. The first-order chi connectivity index (χ1) is 8.94. The van der Waals surface area contributed by atoms with Crippen LogP contribution >= 0.6 is 0 Å². The second-order valence-corrected chi connectivity index (χ2v) is 5.68. The zero-order chi connectivity index (χ0) is 14.0. The molecule has 0 aromatic carbocycles. The van der Waals surface area contributed by atoms with Crippen LogP contribution in [0.5, 0.6) is 0 Å². The Kier molecular flexibility index (Phi) is 3.54. The number of aryl methyl sites for hydroxylation is 2. The zero-order valence-corrected chi connectivity index (χ0v) is 11.3. The van der Waals surface area contributed by atoms with E-state index in [1.54, 1.807) is 26.0 Å². The van der Waals surface area contributed by atoms with E-state index in [2.05, 4.69) is 19.9 Å². The number of aliphatic hydroxyl groups excluding tert-OH is 1. The van der Waals surface area contributed by atoms with E-state index < -0.39 is 16.6 Å². The summed E-state index contributed by atoms with van der Waals surface area (Å²) >= 11 is 0. The predicted octanol–water partition coefficient (Wildman–Crippen LogP) is 0.715. The Morgan fingerprint density at radius 1 is 1.42 bits per heavy atom. The molecule has 0 spiro atoms. The smallest absolute Gasteiger partial charge is 0.281 e. The van der Waals surface area contributed by atoms with Gasteiger partial charge in [-0.1, -0.05) is 0 Å². The molecule has 7 nitrogen and oxygen atoms in total. The predicted molar refractivity (Wildman–Crippen MR) is 69.0 cm³/mol. The first-order valence-electron chi connectivity index (χ1n) is 5.54. The lowest BCUT2D eigenvalue weighted by Gasteiger charge is -2.07. The molecular weight excluding hydrogens is 268 g/mol. The van der Waals surface area contributed by atoms with Crippen LogP contribution in [0, 0.1) is 13.8 Å². The average molecular weight is 282 g/mol. The molecule has 0 aliphatic heterocycles. The van der Waals surface area contributed by atoms with Gasteiger partial charge in [0.15, 0.2) is 0 Å². The molecule has 0 fully saturated rings. The zero-order valence-electron chi connectivity index (χ0n) is 10.5. The Morgan fingerprint density at radius 3 is 2.79 bits per heavy atom. The number of anilines is 1. The van der Waals surface area contributed by atoms with Crippen LogP contribution in [0.4, 0.5) is 5.69 Å². The van der Waals surface area contributed by atoms with Crippen molar-refractivity contribution in [3.8, 4) is 0 Å². The SMILES string of the molecule is Cc1cc(NS(=O)(=O)c2n[nH]c(C)c2CO)ccn1. The summed E-state index contributed by atoms with van der Waals surface area (Å²) in [5.41, 5.74) is 1.88. The molecule has 0 unspecified atom stereocenters. The molecule has 2 aromatic heterocycles. The van der Waals surface area contributed by atoms with Gasteiger partial charge in [0, 0.05) is 23.1 Å². The minimum absolute atomic E-state index is 0.193. The van der Waals surface area contributed by atoms with Crippen LogP contribution in [0.2, 0.25) is 0 Å². The number of hydrogen-bond donors (Lipinski definition) is 3. The summed E-state index contributed by atoms with van der Waals surface area (Å²) in [6, 6.07) is 3.15. The van der Waals surface area contributed by atoms with Crippen LogP contribution in [0.3, 0.4) is 0 Å². The standard InChI is InChI=1S/C11H14N4O3S/c1-7-5-9(3-4-12-7)15-19(17,18)11-10(6-16)8(2)13-14-11/h3-5,16H,6H2,1-2H3,(H,12,15)(H,13,14). The van der Waals surface area contributed by atoms with Crippen molar-refractivity contribution in [2.24, 2.45) is 0 Å². The molecule has 0 saturated carbocycles. The molecule has 0 atom stereocenters. The number of aromatic amines is 1. The molecule has 102 valence electrons. The van der Waals surface area contributed by atoms with Crippen LogP contribution in [0.15, 0.2) is 23.4 Å². The molecule has 3 N–H and O–H groups in total. The van der Waals surface area contributed by atoms with Gasteiger partial charge in [-0.05, 0) is 26.0 Å². The van der Waals surface area contributed by atoms with Gasteiger partial charge >= 0.3 is 0 Å². The topological polar surface area (TPSA) is 108 Å². The van der Waals surface area contributed by atoms with Crippen LogP contribution in [-0.2, 0) is 16.6 Å². The Hall–Kier alpha value is -1.93. The molecule has 0 saturated heterocycles. The van der Waals surface area contributed by atoms with Crippen molar-refractivity contribution in [2.45, 2.75) is 25.5 Å². The van der Waals surface area contributed by atoms with Gasteiger partial charge in [0.1, 0.15) is 0 Å². The number of hydrogen-bond acceptors (Lipinski definition) is 5. The molecule has 0 aliphatic carbocycles. The van der Waals surface area contributed by atoms with Crippen molar-refractivity contribution in [3.05, 3.63) is 35.3 Å². The first kappa shape index (κ1) is 13.5. The second-order valence-electron chi connectivity index (χ2n) is 4.08. The highest BCUT2D eigenvalue weighted by atomic mass is 32.2. The van der Waals surface area contributed by atoms with Crippen molar-refractivity contribution in [3.63, 3.8) is 0 Å². The third kappa shape index (κ3) is 2.74. The van der Waals surface area contributed by atoms with Gasteiger partial charge in [-0.2, -0.15) is 13.5 Å². The summed E-state index contributed by atoms with van der Waals surface area (Å²) in [5, 5.41) is 15.3. The van der Waals surface area contributed by atoms with E-state index in [-0.39, 0.29) is 10.6 Å². The maximum absolute atomic E-state index is 12.2. The fourth-order valence-electron chi connectivity index (χ4n) is 1.65. The quantitative estimate of drug-likeness (QED) is 0.765. The van der Waals surface area contributed by atoms with Gasteiger partial charge in [-0.15, -0.1) is 0 Å². The fourth-order valence-corrected chi connectivity index (χ4v) is 2.89. The van der Waals surface area contributed by atoms with Crippen LogP contribution in [0.25, 0.3) is 0 Å². The molecule has 0 amide bonds. The average Bonchev–Trinajstić information content (AvgIpc) is 2.70. The number of rotatable bonds is 4. The minimum Gasteiger partial charge on any atom is -0.392 e. The van der Waals surface area contributed by atoms with Crippen LogP contribution < -0.4 is 4.72 Å². The van der Waals surface area contributed by atoms with Gasteiger partial charge in [-0.25, -0.2) is 0 Å². The Morgan fingerprint density at radius 2 is 2.16 bits per heavy atom. The molecule has 2 heterocycles. The number of aliphatic hydroxyl groups is 1. The second kappa shape index (κ2) is 4.98. The lowest BCUT2D eigenvalue weighted by molar-refractivity contribution is 0.277. The molecule has 2 rings (SSSR count). The summed E-state index contributed by atoms with van der Waals surface area (Å²) in [6.45, 7) is 3.01. The molecule has 0 bridgehead atoms. The van der Waals surface area contributed by atoms with Gasteiger partial charge in [0.05, 0.1) is 12.3 Å². The third-order valence-electron chi connectivity index (χ3n) is 2.60. The lowest BCUT2D eigenvalue weighted by Crippen LogP contribution is -2.15. The van der Waals surface area contributed by atoms with Crippen molar-refractivity contribution in [1.82, 2.24) is 15.2 Å². The number of H-pyrrole nitrogens is 1. The maximum atomic E-state index is 12.2. The van der Waals surface area contributed by atoms with Gasteiger partial charge in [-0.3, -0.25) is 14.8 Å². The summed E-state index contributed by atoms with van der Waals surface area (Å²) in [4.78, 5) is 3.98. The molecule has 8 heteroatoms. The Bertz CT molecular complexity index is 694. The van der Waals surface area contributed by atoms with Crippen molar-refractivity contribution in [1.29, 1.82) is 0 Å². The number of aromatic nitrogens is 3. The highest BCUT2D eigenvalue weighted by Crippen LogP contribution is 2.19. The van der Waals surface area contributed by atoms with Crippen LogP contribution in [-0.4, -0.2) is 28.7 Å². The van der Waals surface area contributed by atoms with E-state index in [0.717, 1.165) is 0 Å². The van der Waals surface area contributed by atoms with Gasteiger partial charge < -0.3 is 5.11 Å². The largest absolute Gasteiger partial charge is 0.392 e. The maximum Gasteiger partial charge on any atom is 0.281 e. The van der Waals surface area contributed by atoms with E-state index in [1.807, 2.05) is 0 Å². The summed E-state index contributed by atoms with van der Waals surface area (Å²) in [5.74, 6) is 0. The Labute approximate surface area is 110 Å². The van der Waals surface area contributed by atoms with E-state index in [1.165, 1.54) is 6.20 Å². The Balaban J connectivity index is 2.38. The number of sulfonamides is 1. The van der Waals surface area contributed by atoms with E-state index in [9.17, 15) is 13.5 Å². The van der Waals surface area contributed by atoms with Crippen molar-refractivity contribution < 1.29 is 13.5 Å². The lowest BCUT2D eigenvalue weighted by atomic mass is 10.3. The minimum atomic E-state index is -3.83. The van der Waals surface area contributed by atoms with E-state index in [0.29, 0.717) is 17.1 Å². The van der Waals surface area contributed by atoms with Crippen molar-refractivity contribution >= 4 is 15.7 Å². The summed E-state index contributed by atoms with van der Waals surface area (Å²) in [7, 11) is -3.83. The molecule has 0 radical (unpaired) electrons. The van der Waals surface area contributed by atoms with Crippen molar-refractivity contribution in [2.75, 3.05) is 4.72 Å². The van der Waals surface area contributed by atoms with Gasteiger partial charge in [0.2, 0.25) is 5.03 Å². The first-order valence-corrected chi connectivity index (χ1v) is 7.02. The molecule has 2 aromatic rings. The van der Waals surface area contributed by atoms with E-state index in [4.69, 9.17) is 0 Å². The third-order valence-corrected chi connectivity index (χ3v) is 3.95. The summed E-state index contributed by atoms with van der Waals surface area (Å²) < 4.78 is 26.8. The fraction of sp³-hybridized carbons (Fsp3) is 0.273. The van der Waals surface area contributed by atoms with Crippen LogP contribution in [0.1, 0.15) is 17.0 Å². The molecule has 0 aliphatic rings. The number of pyridine rings is 1. The molecular formula is C11H14N4O3S. The normalized spacial score (nSPS) is 11.5. The highest BCUT2D eigenvalue weighted by molar-refractivity contribution is 7.92. The number of nitrogens with one attached hydrogen (secondary N) is 2.